The molecule has 5 heteroatoms. The van der Waals surface area contributed by atoms with Crippen LogP contribution in [-0.4, -0.2) is 19.0 Å². The number of hydrogen-bond donors (Lipinski definition) is 1. The zero-order chi connectivity index (χ0) is 17.0. The third kappa shape index (κ3) is 3.62. The molecule has 0 aliphatic carbocycles. The molecule has 1 aromatic heterocycles. The van der Waals surface area contributed by atoms with E-state index in [1.807, 2.05) is 51.1 Å². The molecule has 0 spiro atoms. The Morgan fingerprint density at radius 2 is 1.87 bits per heavy atom. The molecular formula is C18H21NO3S. The van der Waals surface area contributed by atoms with Crippen molar-refractivity contribution in [2.24, 2.45) is 0 Å². The van der Waals surface area contributed by atoms with E-state index in [2.05, 4.69) is 5.32 Å². The monoisotopic (exact) mass is 331 g/mol. The second kappa shape index (κ2) is 7.42. The molecule has 0 radical (unpaired) electrons. The minimum atomic E-state index is -0.421. The number of methoxy groups -OCH3 is 1. The first-order valence-corrected chi connectivity index (χ1v) is 8.35. The molecule has 0 saturated heterocycles. The van der Waals surface area contributed by atoms with Crippen molar-refractivity contribution in [2.45, 2.75) is 33.1 Å². The van der Waals surface area contributed by atoms with Gasteiger partial charge >= 0.3 is 5.97 Å². The zero-order valence-electron chi connectivity index (χ0n) is 13.8. The van der Waals surface area contributed by atoms with E-state index < -0.39 is 5.97 Å². The summed E-state index contributed by atoms with van der Waals surface area (Å²) in [6, 6.07) is 9.66. The summed E-state index contributed by atoms with van der Waals surface area (Å²) >= 11 is 1.40. The van der Waals surface area contributed by atoms with E-state index in [1.165, 1.54) is 18.4 Å². The number of nitrogens with one attached hydrogen (secondary N) is 1. The third-order valence-electron chi connectivity index (χ3n) is 3.94. The lowest BCUT2D eigenvalue weighted by Crippen LogP contribution is -2.21. The van der Waals surface area contributed by atoms with Crippen LogP contribution in [0.5, 0.6) is 0 Å². The van der Waals surface area contributed by atoms with E-state index in [4.69, 9.17) is 4.74 Å². The SMILES string of the molecule is CC[C@@H](C(=O)Nc1sc(C)c(C)c1C(=O)OC)c1ccccc1. The number of anilines is 1. The fourth-order valence-corrected chi connectivity index (χ4v) is 3.57. The summed E-state index contributed by atoms with van der Waals surface area (Å²) in [5.41, 5.74) is 2.27. The maximum Gasteiger partial charge on any atom is 0.341 e. The molecule has 0 aliphatic heterocycles. The average Bonchev–Trinajstić information content (AvgIpc) is 2.82. The summed E-state index contributed by atoms with van der Waals surface area (Å²) in [6.07, 6.45) is 0.687. The quantitative estimate of drug-likeness (QED) is 0.832. The van der Waals surface area contributed by atoms with E-state index in [1.54, 1.807) is 0 Å². The van der Waals surface area contributed by atoms with Crippen LogP contribution in [-0.2, 0) is 9.53 Å². The van der Waals surface area contributed by atoms with Crippen molar-refractivity contribution in [3.63, 3.8) is 0 Å². The standard InChI is InChI=1S/C18H21NO3S/c1-5-14(13-9-7-6-8-10-13)16(20)19-17-15(18(21)22-4)11(2)12(3)23-17/h6-10,14H,5H2,1-4H3,(H,19,20)/t14-/m1/s1. The molecule has 4 nitrogen and oxygen atoms in total. The summed E-state index contributed by atoms with van der Waals surface area (Å²) < 4.78 is 4.84. The number of ether oxygens (including phenoxy) is 1. The van der Waals surface area contributed by atoms with Crippen molar-refractivity contribution < 1.29 is 14.3 Å². The Kier molecular flexibility index (Phi) is 5.55. The van der Waals surface area contributed by atoms with Gasteiger partial charge in [0, 0.05) is 4.88 Å². The number of benzene rings is 1. The number of thiophene rings is 1. The third-order valence-corrected chi connectivity index (χ3v) is 5.06. The minimum absolute atomic E-state index is 0.106. The van der Waals surface area contributed by atoms with Gasteiger partial charge in [0.2, 0.25) is 5.91 Å². The lowest BCUT2D eigenvalue weighted by atomic mass is 9.95. The van der Waals surface area contributed by atoms with Crippen LogP contribution in [0.15, 0.2) is 30.3 Å². The molecule has 0 fully saturated rings. The highest BCUT2D eigenvalue weighted by Gasteiger charge is 2.24. The molecule has 1 N–H and O–H groups in total. The maximum absolute atomic E-state index is 12.7. The number of aryl methyl sites for hydroxylation is 1. The van der Waals surface area contributed by atoms with Crippen LogP contribution in [0.25, 0.3) is 0 Å². The van der Waals surface area contributed by atoms with E-state index in [-0.39, 0.29) is 11.8 Å². The lowest BCUT2D eigenvalue weighted by Gasteiger charge is -2.15. The van der Waals surface area contributed by atoms with E-state index >= 15 is 0 Å². The summed E-state index contributed by atoms with van der Waals surface area (Å²) in [5.74, 6) is -0.774. The van der Waals surface area contributed by atoms with Crippen LogP contribution in [0.4, 0.5) is 5.00 Å². The zero-order valence-corrected chi connectivity index (χ0v) is 14.6. The van der Waals surface area contributed by atoms with Crippen molar-refractivity contribution in [3.8, 4) is 0 Å². The van der Waals surface area contributed by atoms with Gasteiger partial charge in [-0.3, -0.25) is 4.79 Å². The molecule has 2 rings (SSSR count). The number of amides is 1. The van der Waals surface area contributed by atoms with E-state index in [9.17, 15) is 9.59 Å². The van der Waals surface area contributed by atoms with Crippen molar-refractivity contribution in [2.75, 3.05) is 12.4 Å². The highest BCUT2D eigenvalue weighted by atomic mass is 32.1. The van der Waals surface area contributed by atoms with E-state index in [0.29, 0.717) is 17.0 Å². The first-order valence-electron chi connectivity index (χ1n) is 7.53. The summed E-state index contributed by atoms with van der Waals surface area (Å²) in [4.78, 5) is 25.7. The summed E-state index contributed by atoms with van der Waals surface area (Å²) in [5, 5.41) is 3.48. The normalized spacial score (nSPS) is 11.8. The molecule has 122 valence electrons. The summed E-state index contributed by atoms with van der Waals surface area (Å²) in [6.45, 7) is 5.77. The van der Waals surface area contributed by atoms with Gasteiger partial charge in [-0.15, -0.1) is 11.3 Å². The highest BCUT2D eigenvalue weighted by molar-refractivity contribution is 7.16. The van der Waals surface area contributed by atoms with Gasteiger partial charge in [0.05, 0.1) is 18.6 Å². The van der Waals surface area contributed by atoms with Crippen LogP contribution >= 0.6 is 11.3 Å². The van der Waals surface area contributed by atoms with Gasteiger partial charge in [0.25, 0.3) is 0 Å². The number of carbonyl (C=O) groups is 2. The van der Waals surface area contributed by atoms with Gasteiger partial charge in [-0.05, 0) is 31.4 Å². The van der Waals surface area contributed by atoms with Gasteiger partial charge in [-0.25, -0.2) is 4.79 Å². The first kappa shape index (κ1) is 17.2. The molecule has 23 heavy (non-hydrogen) atoms. The maximum atomic E-state index is 12.7. The number of rotatable bonds is 5. The van der Waals surface area contributed by atoms with Crippen molar-refractivity contribution in [1.82, 2.24) is 0 Å². The van der Waals surface area contributed by atoms with Crippen molar-refractivity contribution in [3.05, 3.63) is 51.9 Å². The van der Waals surface area contributed by atoms with Gasteiger partial charge in [0.1, 0.15) is 5.00 Å². The van der Waals surface area contributed by atoms with Gasteiger partial charge in [-0.1, -0.05) is 37.3 Å². The molecule has 1 atom stereocenters. The van der Waals surface area contributed by atoms with Crippen LogP contribution in [0.3, 0.4) is 0 Å². The van der Waals surface area contributed by atoms with Gasteiger partial charge in [0.15, 0.2) is 0 Å². The molecule has 0 bridgehead atoms. The Labute approximate surface area is 140 Å². The van der Waals surface area contributed by atoms with E-state index in [0.717, 1.165) is 16.0 Å². The molecule has 0 aliphatic rings. The predicted octanol–water partition coefficient (Wildman–Crippen LogP) is 4.28. The van der Waals surface area contributed by atoms with Crippen LogP contribution in [0.1, 0.15) is 45.6 Å². The second-order valence-electron chi connectivity index (χ2n) is 5.34. The van der Waals surface area contributed by atoms with Crippen LogP contribution < -0.4 is 5.32 Å². The predicted molar refractivity (Wildman–Crippen MR) is 93.2 cm³/mol. The Morgan fingerprint density at radius 3 is 2.43 bits per heavy atom. The second-order valence-corrected chi connectivity index (χ2v) is 6.56. The minimum Gasteiger partial charge on any atom is -0.465 e. The Hall–Kier alpha value is -2.14. The molecule has 1 heterocycles. The largest absolute Gasteiger partial charge is 0.465 e. The average molecular weight is 331 g/mol. The topological polar surface area (TPSA) is 55.4 Å². The molecule has 0 unspecified atom stereocenters. The number of carbonyl (C=O) groups excluding carboxylic acids is 2. The first-order chi connectivity index (χ1) is 11.0. The Morgan fingerprint density at radius 1 is 1.22 bits per heavy atom. The lowest BCUT2D eigenvalue weighted by molar-refractivity contribution is -0.117. The van der Waals surface area contributed by atoms with Gasteiger partial charge < -0.3 is 10.1 Å². The van der Waals surface area contributed by atoms with Crippen LogP contribution in [0.2, 0.25) is 0 Å². The molecule has 0 saturated carbocycles. The molecular weight excluding hydrogens is 310 g/mol. The van der Waals surface area contributed by atoms with Crippen molar-refractivity contribution in [1.29, 1.82) is 0 Å². The molecule has 1 amide bonds. The van der Waals surface area contributed by atoms with Gasteiger partial charge in [-0.2, -0.15) is 0 Å². The smallest absolute Gasteiger partial charge is 0.341 e. The fourth-order valence-electron chi connectivity index (χ4n) is 2.52. The molecule has 1 aromatic carbocycles. The summed E-state index contributed by atoms with van der Waals surface area (Å²) in [7, 11) is 1.35. The Bertz CT molecular complexity index is 707. The van der Waals surface area contributed by atoms with Crippen LogP contribution in [0, 0.1) is 13.8 Å². The number of esters is 1. The highest BCUT2D eigenvalue weighted by Crippen LogP contribution is 2.34. The number of hydrogen-bond acceptors (Lipinski definition) is 4. The Balaban J connectivity index is 2.30. The molecule has 2 aromatic rings. The fraction of sp³-hybridized carbons (Fsp3) is 0.333. The van der Waals surface area contributed by atoms with Crippen molar-refractivity contribution >= 4 is 28.2 Å².